The highest BCUT2D eigenvalue weighted by Crippen LogP contribution is 2.11. The Hall–Kier alpha value is -2.89. The van der Waals surface area contributed by atoms with Gasteiger partial charge in [0, 0.05) is 12.7 Å². The van der Waals surface area contributed by atoms with Gasteiger partial charge in [0.2, 0.25) is 5.95 Å². The Labute approximate surface area is 127 Å². The molecule has 0 amide bonds. The first-order valence-electron chi connectivity index (χ1n) is 7.14. The quantitative estimate of drug-likeness (QED) is 0.574. The molecular weight excluding hydrogens is 278 g/mol. The van der Waals surface area contributed by atoms with Crippen molar-refractivity contribution < 1.29 is 0 Å². The van der Waals surface area contributed by atoms with Crippen molar-refractivity contribution >= 4 is 22.6 Å². The maximum absolute atomic E-state index is 12.5. The molecule has 0 spiro atoms. The van der Waals surface area contributed by atoms with E-state index in [4.69, 9.17) is 0 Å². The summed E-state index contributed by atoms with van der Waals surface area (Å²) in [5, 5.41) is 4.92. The Kier molecular flexibility index (Phi) is 3.74. The zero-order valence-corrected chi connectivity index (χ0v) is 12.5. The lowest BCUT2D eigenvalue weighted by atomic mass is 10.2. The van der Waals surface area contributed by atoms with E-state index in [1.165, 1.54) is 0 Å². The highest BCUT2D eigenvalue weighted by Gasteiger charge is 2.09. The van der Waals surface area contributed by atoms with Crippen molar-refractivity contribution in [1.82, 2.24) is 14.5 Å². The molecule has 0 bridgehead atoms. The van der Waals surface area contributed by atoms with Crippen molar-refractivity contribution in [2.75, 3.05) is 5.43 Å². The third-order valence-electron chi connectivity index (χ3n) is 3.49. The van der Waals surface area contributed by atoms with Crippen LogP contribution in [0.1, 0.15) is 19.5 Å². The van der Waals surface area contributed by atoms with Crippen LogP contribution in [0.15, 0.2) is 52.5 Å². The third kappa shape index (κ3) is 2.50. The lowest BCUT2D eigenvalue weighted by Crippen LogP contribution is -2.23. The molecule has 0 unspecified atom stereocenters. The average Bonchev–Trinajstić information content (AvgIpc) is 3.07. The minimum atomic E-state index is -0.0664. The molecule has 0 saturated heterocycles. The van der Waals surface area contributed by atoms with Crippen molar-refractivity contribution in [2.24, 2.45) is 5.10 Å². The molecule has 2 aromatic heterocycles. The normalized spacial score (nSPS) is 11.8. The number of rotatable bonds is 4. The number of hydrogen-bond donors (Lipinski definition) is 2. The second-order valence-electron chi connectivity index (χ2n) is 4.89. The Bertz CT molecular complexity index is 877. The van der Waals surface area contributed by atoms with E-state index < -0.39 is 0 Å². The van der Waals surface area contributed by atoms with Crippen LogP contribution in [0, 0.1) is 0 Å². The van der Waals surface area contributed by atoms with E-state index in [0.29, 0.717) is 23.4 Å². The molecule has 3 rings (SSSR count). The largest absolute Gasteiger partial charge is 0.360 e. The predicted molar refractivity (Wildman–Crippen MR) is 88.3 cm³/mol. The number of hydrazone groups is 1. The summed E-state index contributed by atoms with van der Waals surface area (Å²) in [6, 6.07) is 11.2. The van der Waals surface area contributed by atoms with E-state index in [0.717, 1.165) is 11.4 Å². The number of nitrogens with one attached hydrogen (secondary N) is 2. The second kappa shape index (κ2) is 5.85. The van der Waals surface area contributed by atoms with Crippen LogP contribution in [0.4, 0.5) is 5.95 Å². The van der Waals surface area contributed by atoms with Crippen LogP contribution in [0.3, 0.4) is 0 Å². The van der Waals surface area contributed by atoms with E-state index in [-0.39, 0.29) is 5.56 Å². The van der Waals surface area contributed by atoms with Gasteiger partial charge in [0.25, 0.3) is 5.56 Å². The molecule has 112 valence electrons. The lowest BCUT2D eigenvalue weighted by molar-refractivity contribution is 0.724. The Morgan fingerprint density at radius 2 is 2.14 bits per heavy atom. The van der Waals surface area contributed by atoms with Crippen LogP contribution in [0.25, 0.3) is 10.9 Å². The second-order valence-corrected chi connectivity index (χ2v) is 4.89. The molecule has 2 N–H and O–H groups in total. The predicted octanol–water partition coefficient (Wildman–Crippen LogP) is 2.58. The van der Waals surface area contributed by atoms with Gasteiger partial charge in [0.15, 0.2) is 0 Å². The zero-order valence-electron chi connectivity index (χ0n) is 12.5. The smallest absolute Gasteiger partial charge is 0.262 e. The van der Waals surface area contributed by atoms with E-state index in [9.17, 15) is 4.79 Å². The fourth-order valence-electron chi connectivity index (χ4n) is 2.30. The Morgan fingerprint density at radius 3 is 2.86 bits per heavy atom. The number of H-pyrrole nitrogens is 1. The van der Waals surface area contributed by atoms with Gasteiger partial charge in [-0.05, 0) is 38.1 Å². The number of anilines is 1. The highest BCUT2D eigenvalue weighted by molar-refractivity contribution is 5.97. The molecule has 0 aliphatic carbocycles. The number of fused-ring (bicyclic) bond motifs is 1. The van der Waals surface area contributed by atoms with E-state index >= 15 is 0 Å². The number of nitrogens with zero attached hydrogens (tertiary/aromatic N) is 3. The highest BCUT2D eigenvalue weighted by atomic mass is 16.1. The minimum Gasteiger partial charge on any atom is -0.360 e. The van der Waals surface area contributed by atoms with Crippen LogP contribution in [-0.4, -0.2) is 20.2 Å². The lowest BCUT2D eigenvalue weighted by Gasteiger charge is -2.11. The maximum Gasteiger partial charge on any atom is 0.262 e. The van der Waals surface area contributed by atoms with E-state index in [1.807, 2.05) is 50.4 Å². The summed E-state index contributed by atoms with van der Waals surface area (Å²) in [6.07, 6.45) is 1.84. The van der Waals surface area contributed by atoms with Gasteiger partial charge in [0.05, 0.1) is 22.3 Å². The summed E-state index contributed by atoms with van der Waals surface area (Å²) in [5.74, 6) is 0.442. The molecule has 3 aromatic rings. The van der Waals surface area contributed by atoms with E-state index in [1.54, 1.807) is 10.6 Å². The number of para-hydroxylation sites is 1. The molecule has 0 fully saturated rings. The first kappa shape index (κ1) is 14.1. The zero-order chi connectivity index (χ0) is 15.5. The van der Waals surface area contributed by atoms with Gasteiger partial charge in [-0.1, -0.05) is 12.1 Å². The molecule has 22 heavy (non-hydrogen) atoms. The molecule has 0 atom stereocenters. The first-order chi connectivity index (χ1) is 10.7. The number of benzene rings is 1. The summed E-state index contributed by atoms with van der Waals surface area (Å²) >= 11 is 0. The Morgan fingerprint density at radius 1 is 1.32 bits per heavy atom. The first-order valence-corrected chi connectivity index (χ1v) is 7.14. The molecule has 6 nitrogen and oxygen atoms in total. The molecule has 2 heterocycles. The molecule has 0 radical (unpaired) electrons. The maximum atomic E-state index is 12.5. The SMILES string of the molecule is CCn1c(N/N=C(\C)c2ccc[nH]2)nc2ccccc2c1=O. The summed E-state index contributed by atoms with van der Waals surface area (Å²) in [5.41, 5.74) is 5.20. The molecule has 0 saturated carbocycles. The van der Waals surface area contributed by atoms with Gasteiger partial charge >= 0.3 is 0 Å². The third-order valence-corrected chi connectivity index (χ3v) is 3.49. The minimum absolute atomic E-state index is 0.0664. The summed E-state index contributed by atoms with van der Waals surface area (Å²) in [7, 11) is 0. The van der Waals surface area contributed by atoms with Gasteiger partial charge in [-0.3, -0.25) is 9.36 Å². The average molecular weight is 295 g/mol. The molecule has 1 aromatic carbocycles. The summed E-state index contributed by atoms with van der Waals surface area (Å²) in [6.45, 7) is 4.31. The van der Waals surface area contributed by atoms with Gasteiger partial charge < -0.3 is 4.98 Å². The van der Waals surface area contributed by atoms with Gasteiger partial charge in [-0.25, -0.2) is 10.4 Å². The van der Waals surface area contributed by atoms with Gasteiger partial charge in [-0.2, -0.15) is 5.10 Å². The molecule has 6 heteroatoms. The molecule has 0 aliphatic rings. The van der Waals surface area contributed by atoms with Crippen molar-refractivity contribution in [1.29, 1.82) is 0 Å². The van der Waals surface area contributed by atoms with Crippen molar-refractivity contribution in [3.05, 3.63) is 58.6 Å². The van der Waals surface area contributed by atoms with Crippen molar-refractivity contribution in [3.63, 3.8) is 0 Å². The standard InChI is InChI=1S/C16H17N5O/c1-3-21-15(22)12-7-4-5-8-14(12)18-16(21)20-19-11(2)13-9-6-10-17-13/h4-10,17H,3H2,1-2H3,(H,18,20)/b19-11+. The summed E-state index contributed by atoms with van der Waals surface area (Å²) < 4.78 is 1.58. The van der Waals surface area contributed by atoms with Crippen LogP contribution in [0.5, 0.6) is 0 Å². The van der Waals surface area contributed by atoms with Gasteiger partial charge in [0.1, 0.15) is 0 Å². The molecular formula is C16H17N5O. The fraction of sp³-hybridized carbons (Fsp3) is 0.188. The number of aromatic nitrogens is 3. The Balaban J connectivity index is 2.03. The molecule has 0 aliphatic heterocycles. The number of aromatic amines is 1. The topological polar surface area (TPSA) is 75.1 Å². The number of hydrogen-bond acceptors (Lipinski definition) is 4. The van der Waals surface area contributed by atoms with Crippen molar-refractivity contribution in [2.45, 2.75) is 20.4 Å². The summed E-state index contributed by atoms with van der Waals surface area (Å²) in [4.78, 5) is 20.1. The van der Waals surface area contributed by atoms with Crippen molar-refractivity contribution in [3.8, 4) is 0 Å². The fourth-order valence-corrected chi connectivity index (χ4v) is 2.30. The van der Waals surface area contributed by atoms with Crippen LogP contribution in [-0.2, 0) is 6.54 Å². The van der Waals surface area contributed by atoms with Crippen LogP contribution in [0.2, 0.25) is 0 Å². The van der Waals surface area contributed by atoms with E-state index in [2.05, 4.69) is 20.5 Å². The van der Waals surface area contributed by atoms with Gasteiger partial charge in [-0.15, -0.1) is 0 Å². The van der Waals surface area contributed by atoms with Crippen LogP contribution < -0.4 is 11.0 Å². The monoisotopic (exact) mass is 295 g/mol. The van der Waals surface area contributed by atoms with Crippen LogP contribution >= 0.6 is 0 Å².